The number of hydrogen-bond acceptors (Lipinski definition) is 5. The molecule has 8 aliphatic carbocycles. The highest BCUT2D eigenvalue weighted by Crippen LogP contribution is 2.67. The van der Waals surface area contributed by atoms with Crippen LogP contribution < -0.4 is 46.5 Å². The molecule has 5 aromatic carbocycles. The van der Waals surface area contributed by atoms with Gasteiger partial charge < -0.3 is 23.7 Å². The third-order valence-electron chi connectivity index (χ3n) is 31.6. The average molecular weight is 1590 g/mol. The van der Waals surface area contributed by atoms with Gasteiger partial charge in [0.25, 0.3) is 0 Å². The maximum absolute atomic E-state index is 6.94. The summed E-state index contributed by atoms with van der Waals surface area (Å²) in [6, 6.07) is 55.4. The van der Waals surface area contributed by atoms with Crippen LogP contribution in [0.25, 0.3) is 56.3 Å². The molecule has 8 fully saturated rings. The predicted octanol–water partition coefficient (Wildman–Crippen LogP) is 23.2. The Morgan fingerprint density at radius 3 is 0.790 bits per heavy atom. The van der Waals surface area contributed by atoms with E-state index in [9.17, 15) is 0 Å². The minimum absolute atomic E-state index is 0.0949. The summed E-state index contributed by atoms with van der Waals surface area (Å²) in [5, 5.41) is 0. The van der Waals surface area contributed by atoms with Gasteiger partial charge in [-0.25, -0.2) is 22.8 Å². The summed E-state index contributed by atoms with van der Waals surface area (Å²) in [6.07, 6.45) is 52.3. The molecule has 618 valence electrons. The van der Waals surface area contributed by atoms with E-state index in [1.165, 1.54) is 328 Å². The van der Waals surface area contributed by atoms with Gasteiger partial charge in [-0.15, -0.1) is 0 Å². The van der Waals surface area contributed by atoms with Crippen molar-refractivity contribution < 1.29 is 46.5 Å². The Labute approximate surface area is 710 Å². The molecule has 0 amide bonds. The zero-order valence-corrected chi connectivity index (χ0v) is 73.9. The van der Waals surface area contributed by atoms with E-state index in [1.54, 1.807) is 0 Å². The summed E-state index contributed by atoms with van der Waals surface area (Å²) < 4.78 is 44.4. The first-order chi connectivity index (χ1) is 57.5. The van der Waals surface area contributed by atoms with Crippen molar-refractivity contribution >= 4 is 0 Å². The van der Waals surface area contributed by atoms with Crippen LogP contribution in [0.3, 0.4) is 0 Å². The Morgan fingerprint density at radius 2 is 0.487 bits per heavy atom. The molecule has 5 aliphatic heterocycles. The number of rotatable bonds is 5. The van der Waals surface area contributed by atoms with Gasteiger partial charge in [0, 0.05) is 116 Å². The Bertz CT molecular complexity index is 5400. The molecule has 119 heavy (non-hydrogen) atoms. The van der Waals surface area contributed by atoms with E-state index >= 15 is 0 Å². The quantitative estimate of drug-likeness (QED) is 0.161. The predicted molar refractivity (Wildman–Crippen MR) is 475 cm³/mol. The van der Waals surface area contributed by atoms with Crippen LogP contribution in [0.2, 0.25) is 0 Å². The number of fused-ring (bicyclic) bond motifs is 10. The SMILES string of the molecule is Cc1ccc2c(c1-c1cccc[n+]1C)OC(C)(C)CC21CCCC1.Cc1ccc2c(c1-c1cccc[n+]1C)OC1(CC1)CC21CCCC1.Cc1ccc2c(c1-c1cccc[n+]1C)OC1(CCCC1)CC21CC1.Cc1ccc2c(c1-c1cccc[n+]1C)OC1(CCCCC1)CC21CC1.Cc1ccc2c(c1-c1cccc[n+]1C)OCCC21CCCC1. The van der Waals surface area contributed by atoms with Crippen LogP contribution >= 0.6 is 0 Å². The summed E-state index contributed by atoms with van der Waals surface area (Å²) >= 11 is 0. The Balaban J connectivity index is 0.0000000986. The molecule has 10 aromatic rings. The summed E-state index contributed by atoms with van der Waals surface area (Å²) in [6.45, 7) is 16.5. The van der Waals surface area contributed by atoms with Crippen molar-refractivity contribution in [2.45, 2.75) is 303 Å². The van der Waals surface area contributed by atoms with Gasteiger partial charge in [-0.05, 0) is 267 Å². The maximum Gasteiger partial charge on any atom is 0.216 e. The van der Waals surface area contributed by atoms with Gasteiger partial charge in [-0.2, -0.15) is 0 Å². The lowest BCUT2D eigenvalue weighted by Crippen LogP contribution is -2.45. The van der Waals surface area contributed by atoms with Gasteiger partial charge in [-0.3, -0.25) is 0 Å². The molecule has 10 nitrogen and oxygen atoms in total. The monoisotopic (exact) mass is 1590 g/mol. The molecule has 13 aliphatic rings. The number of ether oxygens (including phenoxy) is 5. The van der Waals surface area contributed by atoms with E-state index in [1.807, 2.05) is 0 Å². The van der Waals surface area contributed by atoms with Gasteiger partial charge in [0.05, 0.1) is 34.4 Å². The van der Waals surface area contributed by atoms with E-state index in [4.69, 9.17) is 23.7 Å². The van der Waals surface area contributed by atoms with Crippen LogP contribution in [0.4, 0.5) is 0 Å². The fourth-order valence-electron chi connectivity index (χ4n) is 25.1. The zero-order valence-electron chi connectivity index (χ0n) is 73.9. The molecule has 10 heterocycles. The van der Waals surface area contributed by atoms with Crippen molar-refractivity contribution in [3.05, 3.63) is 238 Å². The van der Waals surface area contributed by atoms with E-state index in [0.29, 0.717) is 27.1 Å². The molecule has 0 saturated heterocycles. The molecular weight excluding hydrogens is 1460 g/mol. The first-order valence-corrected chi connectivity index (χ1v) is 46.4. The molecule has 8 saturated carbocycles. The number of benzene rings is 5. The number of hydrogen-bond donors (Lipinski definition) is 0. The van der Waals surface area contributed by atoms with Crippen LogP contribution in [0, 0.1) is 34.6 Å². The molecule has 10 heteroatoms. The standard InChI is InChI=1S/C23H28NO.2C22H26NO.C22H28NO.C20H24NO/c1-17-9-10-18-21(20(17)19-8-4-7-15-24(19)2)25-23(11-5-3-6-12-23)16-22(18)13-14-22;1-16-8-9-17-20(19(16)18-7-3-6-14-23(18)2)24-22(10-4-5-11-22)15-21(17)12-13-21;1-16-8-9-17-20(19(16)18-7-3-6-14-23(18)2)24-22(12-13-22)15-21(17)10-4-5-11-21;1-16-10-11-17-20(19(16)18-9-5-8-14-23(18)4)24-21(2,3)15-22(17)12-6-7-13-22;1-15-8-9-16-19(18(15)17-7-3-6-13-21(17)2)22-14-12-20(16)10-4-5-11-20/h4,7-10,15H,3,5-6,11-14,16H2,1-2H3;2*3,6-9,14H,4-5,10-13,15H2,1-2H3;5,8-11,14H,6-7,12-13,15H2,1-4H3;3,6-9,13H,4-5,10-12,14H2,1-2H3/q5*+1. The summed E-state index contributed by atoms with van der Waals surface area (Å²) in [7, 11) is 10.6. The highest BCUT2D eigenvalue weighted by molar-refractivity contribution is 5.78. The van der Waals surface area contributed by atoms with Crippen molar-refractivity contribution in [3.63, 3.8) is 0 Å². The molecule has 23 rings (SSSR count). The molecule has 0 atom stereocenters. The largest absolute Gasteiger partial charge is 0.492 e. The number of aromatic nitrogens is 5. The van der Waals surface area contributed by atoms with Crippen LogP contribution in [0.15, 0.2) is 183 Å². The Morgan fingerprint density at radius 1 is 0.235 bits per heavy atom. The number of aryl methyl sites for hydroxylation is 10. The lowest BCUT2D eigenvalue weighted by atomic mass is 9.68. The zero-order chi connectivity index (χ0) is 81.9. The van der Waals surface area contributed by atoms with Gasteiger partial charge in [0.2, 0.25) is 28.5 Å². The smallest absolute Gasteiger partial charge is 0.216 e. The first-order valence-electron chi connectivity index (χ1n) is 46.4. The average Bonchev–Trinajstić information content (AvgIpc) is 1.60. The van der Waals surface area contributed by atoms with Gasteiger partial charge in [0.15, 0.2) is 31.0 Å². The third kappa shape index (κ3) is 14.5. The van der Waals surface area contributed by atoms with Crippen molar-refractivity contribution in [1.29, 1.82) is 0 Å². The molecule has 0 unspecified atom stereocenters. The summed E-state index contributed by atoms with van der Waals surface area (Å²) in [5.74, 6) is 5.88. The Hall–Kier alpha value is -9.15. The van der Waals surface area contributed by atoms with Crippen molar-refractivity contribution in [3.8, 4) is 85.0 Å². The van der Waals surface area contributed by atoms with Crippen molar-refractivity contribution in [1.82, 2.24) is 0 Å². The van der Waals surface area contributed by atoms with E-state index < -0.39 is 0 Å². The second-order valence-corrected chi connectivity index (χ2v) is 40.5. The van der Waals surface area contributed by atoms with Crippen LogP contribution in [0.5, 0.6) is 28.7 Å². The maximum atomic E-state index is 6.94. The molecule has 5 aromatic heterocycles. The molecular formula is C109H132N5O5+5. The van der Waals surface area contributed by atoms with E-state index in [2.05, 4.69) is 289 Å². The first kappa shape index (κ1) is 79.6. The van der Waals surface area contributed by atoms with Crippen molar-refractivity contribution in [2.24, 2.45) is 35.2 Å². The topological polar surface area (TPSA) is 65.5 Å². The molecule has 0 N–H and O–H groups in total. The van der Waals surface area contributed by atoms with Crippen molar-refractivity contribution in [2.75, 3.05) is 6.61 Å². The second-order valence-electron chi connectivity index (χ2n) is 40.5. The van der Waals surface area contributed by atoms with Gasteiger partial charge in [-0.1, -0.05) is 106 Å². The highest BCUT2D eigenvalue weighted by Gasteiger charge is 2.61. The van der Waals surface area contributed by atoms with Gasteiger partial charge in [0.1, 0.15) is 86.4 Å². The van der Waals surface area contributed by atoms with Gasteiger partial charge >= 0.3 is 0 Å². The minimum Gasteiger partial charge on any atom is -0.492 e. The summed E-state index contributed by atoms with van der Waals surface area (Å²) in [4.78, 5) is 0. The fraction of sp³-hybridized carbons (Fsp3) is 0.495. The van der Waals surface area contributed by atoms with E-state index in [0.717, 1.165) is 24.5 Å². The molecule has 0 bridgehead atoms. The highest BCUT2D eigenvalue weighted by atomic mass is 16.5. The summed E-state index contributed by atoms with van der Waals surface area (Å²) in [5.41, 5.74) is 28.8. The number of pyridine rings is 5. The van der Waals surface area contributed by atoms with Crippen LogP contribution in [-0.2, 0) is 62.3 Å². The molecule has 0 radical (unpaired) electrons. The third-order valence-corrected chi connectivity index (χ3v) is 31.6. The lowest BCUT2D eigenvalue weighted by Gasteiger charge is -2.45. The van der Waals surface area contributed by atoms with Crippen LogP contribution in [-0.4, -0.2) is 29.0 Å². The minimum atomic E-state index is -0.104. The second kappa shape index (κ2) is 30.8. The fourth-order valence-corrected chi connectivity index (χ4v) is 25.1. The Kier molecular flexibility index (Phi) is 20.6. The molecule has 8 spiro atoms. The number of nitrogens with zero attached hydrogens (tertiary/aromatic N) is 5. The lowest BCUT2D eigenvalue weighted by molar-refractivity contribution is -0.660. The normalized spacial score (nSPS) is 21.4. The van der Waals surface area contributed by atoms with Crippen LogP contribution in [0.1, 0.15) is 275 Å². The van der Waals surface area contributed by atoms with E-state index in [-0.39, 0.29) is 22.4 Å².